The number of carbonyl (C=O) groups excluding carboxylic acids is 1. The molecule has 0 bridgehead atoms. The van der Waals surface area contributed by atoms with Gasteiger partial charge < -0.3 is 4.90 Å². The quantitative estimate of drug-likeness (QED) is 0.616. The summed E-state index contributed by atoms with van der Waals surface area (Å²) in [6.07, 6.45) is 2.53. The van der Waals surface area contributed by atoms with E-state index in [-0.39, 0.29) is 5.91 Å². The monoisotopic (exact) mass is 401 g/mol. The molecule has 1 aliphatic carbocycles. The van der Waals surface area contributed by atoms with Gasteiger partial charge in [-0.25, -0.2) is 0 Å². The van der Waals surface area contributed by atoms with Crippen LogP contribution in [-0.2, 0) is 12.3 Å². The van der Waals surface area contributed by atoms with Gasteiger partial charge in [-0.15, -0.1) is 11.8 Å². The Labute approximate surface area is 155 Å². The van der Waals surface area contributed by atoms with Crippen LogP contribution in [0.2, 0.25) is 0 Å². The Morgan fingerprint density at radius 2 is 2.00 bits per heavy atom. The molecule has 0 aromatic heterocycles. The van der Waals surface area contributed by atoms with E-state index in [9.17, 15) is 4.79 Å². The van der Waals surface area contributed by atoms with Crippen molar-refractivity contribution >= 4 is 33.6 Å². The first-order chi connectivity index (χ1) is 11.6. The van der Waals surface area contributed by atoms with Gasteiger partial charge in [0.2, 0.25) is 0 Å². The van der Waals surface area contributed by atoms with Gasteiger partial charge >= 0.3 is 0 Å². The van der Waals surface area contributed by atoms with Crippen molar-refractivity contribution in [2.24, 2.45) is 5.92 Å². The lowest BCUT2D eigenvalue weighted by Gasteiger charge is -2.24. The van der Waals surface area contributed by atoms with Crippen molar-refractivity contribution in [3.8, 4) is 0 Å². The van der Waals surface area contributed by atoms with E-state index in [4.69, 9.17) is 0 Å². The zero-order valence-electron chi connectivity index (χ0n) is 13.7. The molecule has 2 aromatic rings. The molecule has 1 saturated carbocycles. The van der Waals surface area contributed by atoms with Crippen LogP contribution in [0.15, 0.2) is 51.8 Å². The molecule has 1 atom stereocenters. The van der Waals surface area contributed by atoms with Gasteiger partial charge in [-0.1, -0.05) is 46.3 Å². The SMILES string of the molecule is C[C@@H](C1CC1)N1Cc2cc(Br)cc(SCc3ccccc3)c2C1=O. The maximum atomic E-state index is 13.0. The topological polar surface area (TPSA) is 20.3 Å². The first-order valence-electron chi connectivity index (χ1n) is 8.43. The lowest BCUT2D eigenvalue weighted by Crippen LogP contribution is -2.34. The molecule has 0 spiro atoms. The fraction of sp³-hybridized carbons (Fsp3) is 0.350. The second-order valence-corrected chi connectivity index (χ2v) is 8.66. The molecular weight excluding hydrogens is 382 g/mol. The van der Waals surface area contributed by atoms with E-state index < -0.39 is 0 Å². The third-order valence-corrected chi connectivity index (χ3v) is 6.57. The zero-order valence-corrected chi connectivity index (χ0v) is 16.1. The van der Waals surface area contributed by atoms with Crippen molar-refractivity contribution in [3.63, 3.8) is 0 Å². The van der Waals surface area contributed by atoms with Crippen LogP contribution in [-0.4, -0.2) is 16.8 Å². The normalized spacial score (nSPS) is 17.9. The lowest BCUT2D eigenvalue weighted by molar-refractivity contribution is 0.0695. The van der Waals surface area contributed by atoms with E-state index in [0.29, 0.717) is 12.0 Å². The molecule has 2 aliphatic rings. The van der Waals surface area contributed by atoms with E-state index in [1.54, 1.807) is 11.8 Å². The Morgan fingerprint density at radius 3 is 2.71 bits per heavy atom. The van der Waals surface area contributed by atoms with Gasteiger partial charge in [-0.05, 0) is 48.9 Å². The van der Waals surface area contributed by atoms with Crippen LogP contribution in [0.25, 0.3) is 0 Å². The zero-order chi connectivity index (χ0) is 16.7. The fourth-order valence-corrected chi connectivity index (χ4v) is 5.16. The molecule has 4 heteroatoms. The van der Waals surface area contributed by atoms with E-state index in [2.05, 4.69) is 64.2 Å². The number of nitrogens with zero attached hydrogens (tertiary/aromatic N) is 1. The maximum absolute atomic E-state index is 13.0. The number of hydrogen-bond donors (Lipinski definition) is 0. The van der Waals surface area contributed by atoms with Crippen molar-refractivity contribution in [2.75, 3.05) is 0 Å². The number of hydrogen-bond acceptors (Lipinski definition) is 2. The van der Waals surface area contributed by atoms with Gasteiger partial charge in [0.1, 0.15) is 0 Å². The highest BCUT2D eigenvalue weighted by Crippen LogP contribution is 2.41. The summed E-state index contributed by atoms with van der Waals surface area (Å²) in [6.45, 7) is 2.96. The van der Waals surface area contributed by atoms with Crippen LogP contribution in [0.5, 0.6) is 0 Å². The van der Waals surface area contributed by atoms with E-state index in [1.807, 2.05) is 6.07 Å². The Hall–Kier alpha value is -1.26. The highest BCUT2D eigenvalue weighted by molar-refractivity contribution is 9.10. The molecule has 1 heterocycles. The lowest BCUT2D eigenvalue weighted by atomic mass is 10.1. The standard InChI is InChI=1S/C20H20BrNOS/c1-13(15-7-8-15)22-11-16-9-17(21)10-18(19(16)20(22)23)24-12-14-5-3-2-4-6-14/h2-6,9-10,13,15H,7-8,11-12H2,1H3/t13-/m0/s1. The number of fused-ring (bicyclic) bond motifs is 1. The van der Waals surface area contributed by atoms with Crippen molar-refractivity contribution in [1.82, 2.24) is 4.90 Å². The summed E-state index contributed by atoms with van der Waals surface area (Å²) in [7, 11) is 0. The number of halogens is 1. The van der Waals surface area contributed by atoms with Crippen LogP contribution in [0.4, 0.5) is 0 Å². The Morgan fingerprint density at radius 1 is 1.25 bits per heavy atom. The van der Waals surface area contributed by atoms with Crippen molar-refractivity contribution in [1.29, 1.82) is 0 Å². The first-order valence-corrected chi connectivity index (χ1v) is 10.2. The second-order valence-electron chi connectivity index (χ2n) is 6.72. The Balaban J connectivity index is 1.59. The molecule has 0 unspecified atom stereocenters. The number of carbonyl (C=O) groups is 1. The molecule has 1 aliphatic heterocycles. The molecule has 4 rings (SSSR count). The summed E-state index contributed by atoms with van der Waals surface area (Å²) < 4.78 is 1.06. The van der Waals surface area contributed by atoms with Crippen LogP contribution >= 0.6 is 27.7 Å². The Bertz CT molecular complexity index is 773. The smallest absolute Gasteiger partial charge is 0.255 e. The summed E-state index contributed by atoms with van der Waals surface area (Å²) in [6, 6.07) is 15.0. The first kappa shape index (κ1) is 16.2. The van der Waals surface area contributed by atoms with Crippen molar-refractivity contribution < 1.29 is 4.79 Å². The Kier molecular flexibility index (Phi) is 4.44. The minimum absolute atomic E-state index is 0.215. The predicted octanol–water partition coefficient (Wildman–Crippen LogP) is 5.50. The summed E-state index contributed by atoms with van der Waals surface area (Å²) in [5.41, 5.74) is 3.37. The highest BCUT2D eigenvalue weighted by Gasteiger charge is 2.39. The van der Waals surface area contributed by atoms with Gasteiger partial charge in [-0.3, -0.25) is 4.79 Å². The van der Waals surface area contributed by atoms with Gasteiger partial charge in [0.05, 0.1) is 5.56 Å². The van der Waals surface area contributed by atoms with Gasteiger partial charge in [0.25, 0.3) is 5.91 Å². The second kappa shape index (κ2) is 6.57. The van der Waals surface area contributed by atoms with Crippen LogP contribution in [0.1, 0.15) is 41.3 Å². The minimum atomic E-state index is 0.215. The van der Waals surface area contributed by atoms with Crippen LogP contribution in [0.3, 0.4) is 0 Å². The molecule has 2 nitrogen and oxygen atoms in total. The number of benzene rings is 2. The van der Waals surface area contributed by atoms with Crippen LogP contribution < -0.4 is 0 Å². The van der Waals surface area contributed by atoms with Gasteiger partial charge in [-0.2, -0.15) is 0 Å². The third-order valence-electron chi connectivity index (χ3n) is 5.00. The summed E-state index contributed by atoms with van der Waals surface area (Å²) in [5.74, 6) is 1.80. The van der Waals surface area contributed by atoms with Crippen molar-refractivity contribution in [2.45, 2.75) is 43.0 Å². The minimum Gasteiger partial charge on any atom is -0.331 e. The van der Waals surface area contributed by atoms with Crippen molar-refractivity contribution in [3.05, 3.63) is 63.6 Å². The molecule has 0 radical (unpaired) electrons. The molecule has 1 fully saturated rings. The van der Waals surface area contributed by atoms with Gasteiger partial charge in [0.15, 0.2) is 0 Å². The molecule has 0 N–H and O–H groups in total. The number of amides is 1. The van der Waals surface area contributed by atoms with Crippen LogP contribution in [0, 0.1) is 5.92 Å². The van der Waals surface area contributed by atoms with E-state index in [1.165, 1.54) is 18.4 Å². The molecule has 0 saturated heterocycles. The largest absolute Gasteiger partial charge is 0.331 e. The summed E-state index contributed by atoms with van der Waals surface area (Å²) in [4.78, 5) is 16.2. The van der Waals surface area contributed by atoms with E-state index in [0.717, 1.165) is 32.8 Å². The third kappa shape index (κ3) is 3.14. The number of rotatable bonds is 5. The summed E-state index contributed by atoms with van der Waals surface area (Å²) in [5, 5.41) is 0. The molecular formula is C20H20BrNOS. The fourth-order valence-electron chi connectivity index (χ4n) is 3.41. The highest BCUT2D eigenvalue weighted by atomic mass is 79.9. The van der Waals surface area contributed by atoms with E-state index >= 15 is 0 Å². The summed E-state index contributed by atoms with van der Waals surface area (Å²) >= 11 is 5.37. The maximum Gasteiger partial charge on any atom is 0.255 e. The molecule has 2 aromatic carbocycles. The molecule has 24 heavy (non-hydrogen) atoms. The van der Waals surface area contributed by atoms with Gasteiger partial charge in [0, 0.05) is 27.7 Å². The molecule has 1 amide bonds. The predicted molar refractivity (Wildman–Crippen MR) is 102 cm³/mol. The molecule has 124 valence electrons. The average Bonchev–Trinajstić information content (AvgIpc) is 3.37. The average molecular weight is 402 g/mol. The number of thioether (sulfide) groups is 1.